The standard InChI is InChI=1S/C59H107N2O7P/c1-7-10-13-16-19-22-25-28-30-31-32-33-36-39-42-45-48-51-58(62)60-56(55-67-69(64,65)66-54-53-61(4,5)6)57(50-47-44-41-38-35-27-24-21-18-15-12-9-3)68-59(63)52-49-46-43-40-37-34-29-26-23-20-17-14-11-8-2/h11,14,19-20,22-23,28,30,32-33,47,50,56-57H,7-10,12-13,15-18,21,24-27,29,31,34-46,48-49,51-55H2,1-6H3,(H-,60,62,64,65)/p+1/b14-11+,22-19-,23-20+,30-28-,33-32-,50-47+. The highest BCUT2D eigenvalue weighted by molar-refractivity contribution is 7.47. The van der Waals surface area contributed by atoms with E-state index in [2.05, 4.69) is 86.8 Å². The molecule has 0 bridgehead atoms. The first-order chi connectivity index (χ1) is 33.4. The van der Waals surface area contributed by atoms with E-state index in [-0.39, 0.29) is 31.5 Å². The van der Waals surface area contributed by atoms with Crippen molar-refractivity contribution in [2.24, 2.45) is 0 Å². The van der Waals surface area contributed by atoms with Crippen molar-refractivity contribution < 1.29 is 37.3 Å². The minimum Gasteiger partial charge on any atom is -0.456 e. The topological polar surface area (TPSA) is 111 Å². The molecule has 0 aliphatic carbocycles. The summed E-state index contributed by atoms with van der Waals surface area (Å²) in [7, 11) is 1.47. The molecule has 69 heavy (non-hydrogen) atoms. The van der Waals surface area contributed by atoms with E-state index in [1.807, 2.05) is 33.3 Å². The average Bonchev–Trinajstić information content (AvgIpc) is 3.31. The number of amides is 1. The van der Waals surface area contributed by atoms with E-state index >= 15 is 0 Å². The zero-order valence-corrected chi connectivity index (χ0v) is 46.4. The van der Waals surface area contributed by atoms with Gasteiger partial charge in [-0.1, -0.05) is 203 Å². The monoisotopic (exact) mass is 988 g/mol. The third-order valence-electron chi connectivity index (χ3n) is 12.1. The molecule has 0 aliphatic rings. The van der Waals surface area contributed by atoms with Crippen LogP contribution in [0.4, 0.5) is 0 Å². The first kappa shape index (κ1) is 66.5. The van der Waals surface area contributed by atoms with Gasteiger partial charge in [0, 0.05) is 12.8 Å². The highest BCUT2D eigenvalue weighted by atomic mass is 31.2. The molecule has 0 radical (unpaired) electrons. The van der Waals surface area contributed by atoms with Crippen LogP contribution in [-0.2, 0) is 27.9 Å². The SMILES string of the molecule is CC/C=C/C/C=C/CCCCCCCCCC(=O)OC(/C=C/CCCCCCCCCCCC)C(COP(=O)(O)OCC[N+](C)(C)C)NC(=O)CCCCCC/C=C\C/C=C\C/C=C\CCCCC. The van der Waals surface area contributed by atoms with E-state index < -0.39 is 20.0 Å². The number of phosphoric ester groups is 1. The maximum atomic E-state index is 13.5. The van der Waals surface area contributed by atoms with Gasteiger partial charge in [0.15, 0.2) is 0 Å². The van der Waals surface area contributed by atoms with Crippen molar-refractivity contribution in [1.29, 1.82) is 0 Å². The Morgan fingerprint density at radius 3 is 1.42 bits per heavy atom. The maximum Gasteiger partial charge on any atom is 0.472 e. The number of carbonyl (C=O) groups is 2. The second-order valence-electron chi connectivity index (χ2n) is 20.1. The fourth-order valence-electron chi connectivity index (χ4n) is 7.75. The number of quaternary nitrogens is 1. The van der Waals surface area contributed by atoms with Crippen LogP contribution in [0.3, 0.4) is 0 Å². The molecule has 0 fully saturated rings. The lowest BCUT2D eigenvalue weighted by Gasteiger charge is -2.27. The quantitative estimate of drug-likeness (QED) is 0.0205. The summed E-state index contributed by atoms with van der Waals surface area (Å²) in [5.41, 5.74) is 0. The predicted octanol–water partition coefficient (Wildman–Crippen LogP) is 16.9. The highest BCUT2D eigenvalue weighted by Crippen LogP contribution is 2.43. The van der Waals surface area contributed by atoms with Gasteiger partial charge in [0.05, 0.1) is 33.8 Å². The summed E-state index contributed by atoms with van der Waals surface area (Å²) in [6.45, 7) is 6.84. The lowest BCUT2D eigenvalue weighted by atomic mass is 10.0. The minimum absolute atomic E-state index is 0.0317. The summed E-state index contributed by atoms with van der Waals surface area (Å²) in [4.78, 5) is 37.5. The summed E-state index contributed by atoms with van der Waals surface area (Å²) in [6, 6.07) is -0.864. The van der Waals surface area contributed by atoms with Gasteiger partial charge in [-0.3, -0.25) is 18.6 Å². The van der Waals surface area contributed by atoms with E-state index in [9.17, 15) is 19.0 Å². The Labute approximate surface area is 425 Å². The molecule has 0 saturated heterocycles. The largest absolute Gasteiger partial charge is 0.472 e. The van der Waals surface area contributed by atoms with Crippen molar-refractivity contribution in [3.05, 3.63) is 72.9 Å². The molecule has 0 aliphatic heterocycles. The fraction of sp³-hybridized carbons (Fsp3) is 0.763. The molecule has 0 aromatic carbocycles. The lowest BCUT2D eigenvalue weighted by Crippen LogP contribution is -2.47. The van der Waals surface area contributed by atoms with Crippen LogP contribution in [0.5, 0.6) is 0 Å². The molecule has 0 saturated carbocycles. The second-order valence-corrected chi connectivity index (χ2v) is 21.5. The summed E-state index contributed by atoms with van der Waals surface area (Å²) < 4.78 is 30.6. The molecule has 1 amide bonds. The Hall–Kier alpha value is -2.55. The Bertz CT molecular complexity index is 1420. The number of carbonyl (C=O) groups excluding carboxylic acids is 2. The zero-order valence-electron chi connectivity index (χ0n) is 45.5. The van der Waals surface area contributed by atoms with Gasteiger partial charge in [-0.15, -0.1) is 0 Å². The Balaban J connectivity index is 5.41. The smallest absolute Gasteiger partial charge is 0.456 e. The van der Waals surface area contributed by atoms with Gasteiger partial charge in [0.2, 0.25) is 5.91 Å². The van der Waals surface area contributed by atoms with Crippen molar-refractivity contribution >= 4 is 19.7 Å². The van der Waals surface area contributed by atoms with Crippen molar-refractivity contribution in [2.75, 3.05) is 40.9 Å². The molecule has 0 aromatic rings. The van der Waals surface area contributed by atoms with Gasteiger partial charge in [-0.2, -0.15) is 0 Å². The van der Waals surface area contributed by atoms with Crippen molar-refractivity contribution in [3.8, 4) is 0 Å². The molecule has 10 heteroatoms. The fourth-order valence-corrected chi connectivity index (χ4v) is 8.48. The molecule has 0 spiro atoms. The molecule has 3 unspecified atom stereocenters. The molecular weight excluding hydrogens is 880 g/mol. The number of phosphoric acid groups is 1. The Morgan fingerprint density at radius 2 is 0.928 bits per heavy atom. The third kappa shape index (κ3) is 50.2. The van der Waals surface area contributed by atoms with Gasteiger partial charge < -0.3 is 19.4 Å². The summed E-state index contributed by atoms with van der Waals surface area (Å²) >= 11 is 0. The molecule has 0 heterocycles. The number of esters is 1. The van der Waals surface area contributed by atoms with E-state index in [4.69, 9.17) is 13.8 Å². The number of nitrogens with zero attached hydrogens (tertiary/aromatic N) is 1. The van der Waals surface area contributed by atoms with E-state index in [1.54, 1.807) is 0 Å². The molecule has 9 nitrogen and oxygen atoms in total. The van der Waals surface area contributed by atoms with Crippen LogP contribution >= 0.6 is 7.82 Å². The number of hydrogen-bond donors (Lipinski definition) is 2. The van der Waals surface area contributed by atoms with Gasteiger partial charge in [-0.25, -0.2) is 4.57 Å². The van der Waals surface area contributed by atoms with Crippen LogP contribution in [0.2, 0.25) is 0 Å². The van der Waals surface area contributed by atoms with Crippen LogP contribution in [0.15, 0.2) is 72.9 Å². The van der Waals surface area contributed by atoms with Crippen molar-refractivity contribution in [2.45, 2.75) is 251 Å². The first-order valence-electron chi connectivity index (χ1n) is 28.3. The predicted molar refractivity (Wildman–Crippen MR) is 295 cm³/mol. The number of likely N-dealkylation sites (N-methyl/N-ethyl adjacent to an activating group) is 1. The number of allylic oxidation sites excluding steroid dienone is 11. The normalized spacial score (nSPS) is 14.4. The average molecular weight is 988 g/mol. The lowest BCUT2D eigenvalue weighted by molar-refractivity contribution is -0.870. The first-order valence-corrected chi connectivity index (χ1v) is 29.8. The molecule has 0 rings (SSSR count). The van der Waals surface area contributed by atoms with Crippen LogP contribution in [-0.4, -0.2) is 74.3 Å². The second kappa shape index (κ2) is 49.0. The van der Waals surface area contributed by atoms with E-state index in [0.29, 0.717) is 17.4 Å². The van der Waals surface area contributed by atoms with E-state index in [0.717, 1.165) is 109 Å². The summed E-state index contributed by atoms with van der Waals surface area (Å²) in [6.07, 6.45) is 61.8. The van der Waals surface area contributed by atoms with E-state index in [1.165, 1.54) is 96.3 Å². The van der Waals surface area contributed by atoms with Crippen molar-refractivity contribution in [3.63, 3.8) is 0 Å². The molecular formula is C59H108N2O7P+. The highest BCUT2D eigenvalue weighted by Gasteiger charge is 2.30. The van der Waals surface area contributed by atoms with Crippen LogP contribution in [0.1, 0.15) is 239 Å². The zero-order chi connectivity index (χ0) is 50.8. The Morgan fingerprint density at radius 1 is 0.522 bits per heavy atom. The Kier molecular flexibility index (Phi) is 47.2. The van der Waals surface area contributed by atoms with Gasteiger partial charge >= 0.3 is 13.8 Å². The number of nitrogens with one attached hydrogen (secondary N) is 1. The minimum atomic E-state index is -4.45. The van der Waals surface area contributed by atoms with Crippen LogP contribution in [0, 0.1) is 0 Å². The van der Waals surface area contributed by atoms with Crippen LogP contribution in [0.25, 0.3) is 0 Å². The van der Waals surface area contributed by atoms with Gasteiger partial charge in [0.1, 0.15) is 19.3 Å². The maximum absolute atomic E-state index is 13.5. The van der Waals surface area contributed by atoms with Gasteiger partial charge in [-0.05, 0) is 96.0 Å². The van der Waals surface area contributed by atoms with Crippen molar-refractivity contribution in [1.82, 2.24) is 5.32 Å². The molecule has 3 atom stereocenters. The number of unbranched alkanes of at least 4 members (excludes halogenated alkanes) is 24. The molecule has 0 aromatic heterocycles. The van der Waals surface area contributed by atoms with Crippen LogP contribution < -0.4 is 5.32 Å². The number of hydrogen-bond acceptors (Lipinski definition) is 6. The molecule has 2 N–H and O–H groups in total. The third-order valence-corrected chi connectivity index (χ3v) is 13.1. The summed E-state index contributed by atoms with van der Waals surface area (Å²) in [5, 5.41) is 3.03. The van der Waals surface area contributed by atoms with Gasteiger partial charge in [0.25, 0.3) is 0 Å². The number of rotatable bonds is 50. The summed E-state index contributed by atoms with van der Waals surface area (Å²) in [5.74, 6) is -0.542. The molecule has 400 valence electrons. The number of ether oxygens (including phenoxy) is 1.